The minimum Gasteiger partial charge on any atom is -0.486 e. The number of carbonyl (C=O) groups is 2. The third kappa shape index (κ3) is 3.67. The highest BCUT2D eigenvalue weighted by Gasteiger charge is 2.43. The van der Waals surface area contributed by atoms with E-state index in [2.05, 4.69) is 4.98 Å². The van der Waals surface area contributed by atoms with Gasteiger partial charge in [-0.15, -0.1) is 0 Å². The van der Waals surface area contributed by atoms with Crippen molar-refractivity contribution in [3.8, 4) is 11.6 Å². The SMILES string of the molecule is O=C1CC2(CCN(C(=O)c3cccnc3O[C@H]3CCSC3)CC2)Oc2ccccc21. The molecule has 6 nitrogen and oxygen atoms in total. The lowest BCUT2D eigenvalue weighted by Gasteiger charge is -2.44. The van der Waals surface area contributed by atoms with Crippen molar-refractivity contribution in [1.82, 2.24) is 9.88 Å². The van der Waals surface area contributed by atoms with Gasteiger partial charge in [0.1, 0.15) is 23.0 Å². The number of pyridine rings is 1. The van der Waals surface area contributed by atoms with E-state index >= 15 is 0 Å². The third-order valence-electron chi connectivity index (χ3n) is 6.13. The van der Waals surface area contributed by atoms with Crippen LogP contribution in [-0.4, -0.2) is 57.9 Å². The topological polar surface area (TPSA) is 68.7 Å². The van der Waals surface area contributed by atoms with E-state index in [0.717, 1.165) is 17.9 Å². The van der Waals surface area contributed by atoms with Gasteiger partial charge in [-0.3, -0.25) is 9.59 Å². The number of hydrogen-bond acceptors (Lipinski definition) is 6. The first kappa shape index (κ1) is 19.4. The number of likely N-dealkylation sites (tertiary alicyclic amines) is 1. The highest BCUT2D eigenvalue weighted by molar-refractivity contribution is 7.99. The quantitative estimate of drug-likeness (QED) is 0.750. The van der Waals surface area contributed by atoms with Crippen LogP contribution in [0.2, 0.25) is 0 Å². The largest absolute Gasteiger partial charge is 0.486 e. The fourth-order valence-electron chi connectivity index (χ4n) is 4.42. The zero-order valence-corrected chi connectivity index (χ0v) is 17.5. The van der Waals surface area contributed by atoms with Gasteiger partial charge in [-0.05, 0) is 36.4 Å². The summed E-state index contributed by atoms with van der Waals surface area (Å²) < 4.78 is 12.3. The van der Waals surface area contributed by atoms with Gasteiger partial charge in [-0.1, -0.05) is 12.1 Å². The molecule has 0 aliphatic carbocycles. The molecule has 0 bridgehead atoms. The minimum atomic E-state index is -0.516. The predicted molar refractivity (Wildman–Crippen MR) is 114 cm³/mol. The molecule has 0 unspecified atom stereocenters. The Morgan fingerprint density at radius 2 is 2.03 bits per heavy atom. The van der Waals surface area contributed by atoms with Crippen LogP contribution in [0.15, 0.2) is 42.6 Å². The van der Waals surface area contributed by atoms with Gasteiger partial charge in [-0.2, -0.15) is 11.8 Å². The number of aromatic nitrogens is 1. The molecule has 1 atom stereocenters. The van der Waals surface area contributed by atoms with E-state index in [-0.39, 0.29) is 17.8 Å². The maximum atomic E-state index is 13.2. The van der Waals surface area contributed by atoms with Crippen LogP contribution in [0.25, 0.3) is 0 Å². The molecule has 156 valence electrons. The Hall–Kier alpha value is -2.54. The number of rotatable bonds is 3. The summed E-state index contributed by atoms with van der Waals surface area (Å²) in [6.07, 6.45) is 4.39. The zero-order valence-electron chi connectivity index (χ0n) is 16.7. The summed E-state index contributed by atoms with van der Waals surface area (Å²) in [6.45, 7) is 1.09. The van der Waals surface area contributed by atoms with Gasteiger partial charge >= 0.3 is 0 Å². The molecular weight excluding hydrogens is 400 g/mol. The number of para-hydroxylation sites is 1. The van der Waals surface area contributed by atoms with E-state index in [0.29, 0.717) is 55.1 Å². The van der Waals surface area contributed by atoms with Crippen molar-refractivity contribution < 1.29 is 19.1 Å². The van der Waals surface area contributed by atoms with Crippen molar-refractivity contribution in [3.63, 3.8) is 0 Å². The lowest BCUT2D eigenvalue weighted by Crippen LogP contribution is -2.52. The number of amides is 1. The second-order valence-corrected chi connectivity index (χ2v) is 9.28. The third-order valence-corrected chi connectivity index (χ3v) is 7.26. The molecule has 1 aromatic carbocycles. The summed E-state index contributed by atoms with van der Waals surface area (Å²) in [5.41, 5.74) is 0.651. The lowest BCUT2D eigenvalue weighted by atomic mass is 9.82. The molecule has 5 rings (SSSR count). The summed E-state index contributed by atoms with van der Waals surface area (Å²) in [7, 11) is 0. The normalized spacial score (nSPS) is 22.5. The fraction of sp³-hybridized carbons (Fsp3) is 0.435. The maximum Gasteiger partial charge on any atom is 0.259 e. The van der Waals surface area contributed by atoms with E-state index in [4.69, 9.17) is 9.47 Å². The predicted octanol–water partition coefficient (Wildman–Crippen LogP) is 3.61. The molecule has 1 spiro atoms. The van der Waals surface area contributed by atoms with E-state index in [9.17, 15) is 9.59 Å². The number of thioether (sulfide) groups is 1. The smallest absolute Gasteiger partial charge is 0.259 e. The van der Waals surface area contributed by atoms with Gasteiger partial charge < -0.3 is 14.4 Å². The molecule has 4 heterocycles. The number of ketones is 1. The summed E-state index contributed by atoms with van der Waals surface area (Å²) in [6, 6.07) is 11.0. The molecule has 3 aliphatic rings. The monoisotopic (exact) mass is 424 g/mol. The van der Waals surface area contributed by atoms with Crippen molar-refractivity contribution >= 4 is 23.5 Å². The zero-order chi connectivity index (χ0) is 20.6. The second kappa shape index (κ2) is 7.95. The van der Waals surface area contributed by atoms with Crippen LogP contribution in [0.5, 0.6) is 11.6 Å². The Balaban J connectivity index is 1.28. The second-order valence-electron chi connectivity index (χ2n) is 8.13. The summed E-state index contributed by atoms with van der Waals surface area (Å²) >= 11 is 1.86. The number of Topliss-reactive ketones (excluding diaryl/α,β-unsaturated/α-hetero) is 1. The van der Waals surface area contributed by atoms with E-state index in [1.165, 1.54) is 0 Å². The molecule has 1 aromatic heterocycles. The van der Waals surface area contributed by atoms with Crippen LogP contribution < -0.4 is 9.47 Å². The number of hydrogen-bond donors (Lipinski definition) is 0. The van der Waals surface area contributed by atoms with Crippen molar-refractivity contribution in [1.29, 1.82) is 0 Å². The summed E-state index contributed by atoms with van der Waals surface area (Å²) in [5, 5.41) is 0. The van der Waals surface area contributed by atoms with Crippen LogP contribution in [0.4, 0.5) is 0 Å². The number of carbonyl (C=O) groups excluding carboxylic acids is 2. The van der Waals surface area contributed by atoms with Crippen molar-refractivity contribution in [2.75, 3.05) is 24.6 Å². The molecule has 2 saturated heterocycles. The standard InChI is InChI=1S/C23H24N2O4S/c26-19-14-23(29-20-6-2-1-4-17(19)20)8-11-25(12-9-23)22(27)18-5-3-10-24-21(18)28-16-7-13-30-15-16/h1-6,10,16H,7-9,11-15H2/t16-/m0/s1. The van der Waals surface area contributed by atoms with Crippen LogP contribution in [0, 0.1) is 0 Å². The summed E-state index contributed by atoms with van der Waals surface area (Å²) in [4.78, 5) is 32.0. The number of ether oxygens (including phenoxy) is 2. The molecule has 30 heavy (non-hydrogen) atoms. The number of piperidine rings is 1. The highest BCUT2D eigenvalue weighted by Crippen LogP contribution is 2.39. The molecule has 3 aliphatic heterocycles. The first-order chi connectivity index (χ1) is 14.6. The van der Waals surface area contributed by atoms with Crippen LogP contribution in [0.1, 0.15) is 46.4 Å². The molecule has 1 amide bonds. The van der Waals surface area contributed by atoms with E-state index in [1.54, 1.807) is 18.3 Å². The molecule has 0 radical (unpaired) electrons. The highest BCUT2D eigenvalue weighted by atomic mass is 32.2. The van der Waals surface area contributed by atoms with Crippen molar-refractivity contribution in [2.45, 2.75) is 37.4 Å². The Kier molecular flexibility index (Phi) is 5.15. The summed E-state index contributed by atoms with van der Waals surface area (Å²) in [5.74, 6) is 3.15. The molecule has 0 N–H and O–H groups in total. The van der Waals surface area contributed by atoms with Crippen molar-refractivity contribution in [3.05, 3.63) is 53.7 Å². The van der Waals surface area contributed by atoms with Gasteiger partial charge in [0.05, 0.1) is 12.0 Å². The minimum absolute atomic E-state index is 0.0684. The molecular formula is C23H24N2O4S. The first-order valence-corrected chi connectivity index (χ1v) is 11.6. The Morgan fingerprint density at radius 3 is 2.83 bits per heavy atom. The van der Waals surface area contributed by atoms with Crippen molar-refractivity contribution in [2.24, 2.45) is 0 Å². The lowest BCUT2D eigenvalue weighted by molar-refractivity contribution is -0.00580. The maximum absolute atomic E-state index is 13.2. The van der Waals surface area contributed by atoms with Crippen LogP contribution in [-0.2, 0) is 0 Å². The molecule has 0 saturated carbocycles. The number of fused-ring (bicyclic) bond motifs is 1. The molecule has 7 heteroatoms. The van der Waals surface area contributed by atoms with Crippen LogP contribution in [0.3, 0.4) is 0 Å². The van der Waals surface area contributed by atoms with Gasteiger partial charge in [0.2, 0.25) is 5.88 Å². The molecule has 2 fully saturated rings. The Morgan fingerprint density at radius 1 is 1.20 bits per heavy atom. The van der Waals surface area contributed by atoms with Gasteiger partial charge in [0.25, 0.3) is 5.91 Å². The van der Waals surface area contributed by atoms with Gasteiger partial charge in [-0.25, -0.2) is 4.98 Å². The fourth-order valence-corrected chi connectivity index (χ4v) is 5.51. The average Bonchev–Trinajstić information content (AvgIpc) is 3.27. The first-order valence-electron chi connectivity index (χ1n) is 10.4. The molecule has 2 aromatic rings. The average molecular weight is 425 g/mol. The van der Waals surface area contributed by atoms with E-state index in [1.807, 2.05) is 40.9 Å². The van der Waals surface area contributed by atoms with Gasteiger partial charge in [0, 0.05) is 37.9 Å². The van der Waals surface area contributed by atoms with E-state index < -0.39 is 5.60 Å². The Bertz CT molecular complexity index is 965. The number of benzene rings is 1. The van der Waals surface area contributed by atoms with Gasteiger partial charge in [0.15, 0.2) is 5.78 Å². The Labute approximate surface area is 180 Å². The van der Waals surface area contributed by atoms with Crippen LogP contribution >= 0.6 is 11.8 Å². The number of nitrogens with zero attached hydrogens (tertiary/aromatic N) is 2.